The molecule has 1 atom stereocenters. The average molecular weight is 461 g/mol. The highest BCUT2D eigenvalue weighted by atomic mass is 127. The van der Waals surface area contributed by atoms with E-state index in [1.807, 2.05) is 13.1 Å². The number of guanidine groups is 1. The Balaban J connectivity index is 0.00000312. The van der Waals surface area contributed by atoms with E-state index in [1.165, 1.54) is 0 Å². The first kappa shape index (κ1) is 21.9. The number of nitrogens with one attached hydrogen (secondary N) is 2. The van der Waals surface area contributed by atoms with Crippen molar-refractivity contribution in [2.45, 2.75) is 32.7 Å². The summed E-state index contributed by atoms with van der Waals surface area (Å²) in [5.41, 5.74) is 0. The van der Waals surface area contributed by atoms with Crippen LogP contribution in [0.4, 0.5) is 5.95 Å². The van der Waals surface area contributed by atoms with Crippen LogP contribution in [0.1, 0.15) is 26.7 Å². The van der Waals surface area contributed by atoms with Gasteiger partial charge in [0.15, 0.2) is 5.96 Å². The molecule has 0 aromatic carbocycles. The van der Waals surface area contributed by atoms with Gasteiger partial charge in [0, 0.05) is 58.2 Å². The number of rotatable bonds is 7. The van der Waals surface area contributed by atoms with E-state index < -0.39 is 0 Å². The maximum Gasteiger partial charge on any atom is 0.225 e. The van der Waals surface area contributed by atoms with Crippen LogP contribution >= 0.6 is 24.0 Å². The van der Waals surface area contributed by atoms with Crippen LogP contribution in [0.15, 0.2) is 23.5 Å². The molecule has 1 aromatic heterocycles. The van der Waals surface area contributed by atoms with Crippen LogP contribution in [-0.4, -0.2) is 73.2 Å². The molecule has 1 aliphatic rings. The fourth-order valence-electron chi connectivity index (χ4n) is 2.67. The van der Waals surface area contributed by atoms with Gasteiger partial charge in [-0.1, -0.05) is 6.92 Å². The molecular formula is C17H32IN7. The molecule has 2 heterocycles. The Morgan fingerprint density at radius 1 is 1.24 bits per heavy atom. The zero-order valence-electron chi connectivity index (χ0n) is 15.6. The van der Waals surface area contributed by atoms with Crippen LogP contribution in [0.5, 0.6) is 0 Å². The Hall–Kier alpha value is -1.16. The van der Waals surface area contributed by atoms with Crippen LogP contribution in [0.2, 0.25) is 0 Å². The molecule has 0 bridgehead atoms. The molecule has 1 aromatic rings. The monoisotopic (exact) mass is 461 g/mol. The molecule has 1 fully saturated rings. The van der Waals surface area contributed by atoms with Gasteiger partial charge in [-0.2, -0.15) is 0 Å². The molecule has 8 heteroatoms. The lowest BCUT2D eigenvalue weighted by molar-refractivity contribution is 0.254. The number of hydrogen-bond acceptors (Lipinski definition) is 5. The second-order valence-corrected chi connectivity index (χ2v) is 6.18. The summed E-state index contributed by atoms with van der Waals surface area (Å²) in [6.45, 7) is 10.5. The molecule has 0 amide bonds. The smallest absolute Gasteiger partial charge is 0.225 e. The van der Waals surface area contributed by atoms with Crippen LogP contribution in [0.3, 0.4) is 0 Å². The molecular weight excluding hydrogens is 429 g/mol. The van der Waals surface area contributed by atoms with Gasteiger partial charge in [-0.25, -0.2) is 9.97 Å². The quantitative estimate of drug-likeness (QED) is 0.278. The van der Waals surface area contributed by atoms with E-state index in [0.29, 0.717) is 6.04 Å². The van der Waals surface area contributed by atoms with Gasteiger partial charge in [0.2, 0.25) is 5.95 Å². The molecule has 0 radical (unpaired) electrons. The fourth-order valence-corrected chi connectivity index (χ4v) is 2.67. The van der Waals surface area contributed by atoms with Gasteiger partial charge in [0.1, 0.15) is 0 Å². The van der Waals surface area contributed by atoms with E-state index in [0.717, 1.165) is 64.0 Å². The maximum absolute atomic E-state index is 4.33. The molecule has 0 aliphatic carbocycles. The molecule has 142 valence electrons. The minimum absolute atomic E-state index is 0. The van der Waals surface area contributed by atoms with Crippen molar-refractivity contribution in [3.8, 4) is 0 Å². The van der Waals surface area contributed by atoms with Crippen molar-refractivity contribution in [2.24, 2.45) is 4.99 Å². The van der Waals surface area contributed by atoms with Crippen molar-refractivity contribution in [3.63, 3.8) is 0 Å². The van der Waals surface area contributed by atoms with Gasteiger partial charge in [-0.05, 0) is 32.4 Å². The number of piperazine rings is 1. The third-order valence-electron chi connectivity index (χ3n) is 4.37. The Bertz CT molecular complexity index is 489. The number of aliphatic imine (C=N–C) groups is 1. The fraction of sp³-hybridized carbons (Fsp3) is 0.706. The predicted molar refractivity (Wildman–Crippen MR) is 115 cm³/mol. The lowest BCUT2D eigenvalue weighted by Gasteiger charge is -2.34. The van der Waals surface area contributed by atoms with Crippen molar-refractivity contribution >= 4 is 35.9 Å². The molecule has 1 saturated heterocycles. The van der Waals surface area contributed by atoms with Crippen molar-refractivity contribution < 1.29 is 0 Å². The highest BCUT2D eigenvalue weighted by Crippen LogP contribution is 2.09. The maximum atomic E-state index is 4.33. The van der Waals surface area contributed by atoms with Crippen molar-refractivity contribution in [1.29, 1.82) is 0 Å². The number of hydrogen-bond donors (Lipinski definition) is 2. The molecule has 25 heavy (non-hydrogen) atoms. The van der Waals surface area contributed by atoms with E-state index in [1.54, 1.807) is 12.4 Å². The minimum atomic E-state index is 0. The second kappa shape index (κ2) is 12.2. The van der Waals surface area contributed by atoms with Gasteiger partial charge in [0.25, 0.3) is 0 Å². The largest absolute Gasteiger partial charge is 0.356 e. The number of aromatic nitrogens is 2. The SMILES string of the molecule is CCC(C)NC(=NC)NCCCN1CCN(c2ncccn2)CC1.I. The van der Waals surface area contributed by atoms with E-state index in [4.69, 9.17) is 0 Å². The average Bonchev–Trinajstić information content (AvgIpc) is 2.65. The van der Waals surface area contributed by atoms with E-state index in [9.17, 15) is 0 Å². The van der Waals surface area contributed by atoms with Crippen LogP contribution in [-0.2, 0) is 0 Å². The summed E-state index contributed by atoms with van der Waals surface area (Å²) >= 11 is 0. The Morgan fingerprint density at radius 2 is 1.92 bits per heavy atom. The van der Waals surface area contributed by atoms with Gasteiger partial charge in [-0.15, -0.1) is 24.0 Å². The summed E-state index contributed by atoms with van der Waals surface area (Å²) in [5, 5.41) is 6.77. The van der Waals surface area contributed by atoms with E-state index in [2.05, 4.69) is 49.2 Å². The number of halogens is 1. The normalized spacial score (nSPS) is 16.9. The van der Waals surface area contributed by atoms with Crippen LogP contribution in [0, 0.1) is 0 Å². The summed E-state index contributed by atoms with van der Waals surface area (Å²) in [6.07, 6.45) is 5.82. The molecule has 1 unspecified atom stereocenters. The molecule has 1 aliphatic heterocycles. The van der Waals surface area contributed by atoms with Gasteiger partial charge >= 0.3 is 0 Å². The summed E-state index contributed by atoms with van der Waals surface area (Å²) in [7, 11) is 1.82. The zero-order valence-corrected chi connectivity index (χ0v) is 17.9. The first-order chi connectivity index (χ1) is 11.7. The zero-order chi connectivity index (χ0) is 17.2. The Labute approximate surface area is 168 Å². The van der Waals surface area contributed by atoms with Crippen LogP contribution in [0.25, 0.3) is 0 Å². The Morgan fingerprint density at radius 3 is 2.52 bits per heavy atom. The predicted octanol–water partition coefficient (Wildman–Crippen LogP) is 1.57. The highest BCUT2D eigenvalue weighted by Gasteiger charge is 2.18. The van der Waals surface area contributed by atoms with Crippen molar-refractivity contribution in [2.75, 3.05) is 51.2 Å². The summed E-state index contributed by atoms with van der Waals surface area (Å²) in [6, 6.07) is 2.31. The highest BCUT2D eigenvalue weighted by molar-refractivity contribution is 14.0. The van der Waals surface area contributed by atoms with E-state index in [-0.39, 0.29) is 24.0 Å². The lowest BCUT2D eigenvalue weighted by atomic mass is 10.3. The third-order valence-corrected chi connectivity index (χ3v) is 4.37. The number of nitrogens with zero attached hydrogens (tertiary/aromatic N) is 5. The summed E-state index contributed by atoms with van der Waals surface area (Å²) in [5.74, 6) is 1.74. The summed E-state index contributed by atoms with van der Waals surface area (Å²) < 4.78 is 0. The molecule has 7 nitrogen and oxygen atoms in total. The second-order valence-electron chi connectivity index (χ2n) is 6.18. The topological polar surface area (TPSA) is 68.7 Å². The van der Waals surface area contributed by atoms with Crippen molar-refractivity contribution in [1.82, 2.24) is 25.5 Å². The molecule has 0 spiro atoms. The lowest BCUT2D eigenvalue weighted by Crippen LogP contribution is -2.48. The van der Waals surface area contributed by atoms with Crippen LogP contribution < -0.4 is 15.5 Å². The van der Waals surface area contributed by atoms with Gasteiger partial charge in [-0.3, -0.25) is 9.89 Å². The third kappa shape index (κ3) is 7.72. The minimum Gasteiger partial charge on any atom is -0.356 e. The first-order valence-corrected chi connectivity index (χ1v) is 8.94. The van der Waals surface area contributed by atoms with Crippen molar-refractivity contribution in [3.05, 3.63) is 18.5 Å². The van der Waals surface area contributed by atoms with Gasteiger partial charge < -0.3 is 15.5 Å². The molecule has 2 rings (SSSR count). The number of anilines is 1. The van der Waals surface area contributed by atoms with E-state index >= 15 is 0 Å². The molecule has 2 N–H and O–H groups in total. The van der Waals surface area contributed by atoms with Gasteiger partial charge in [0.05, 0.1) is 0 Å². The standard InChI is InChI=1S/C17H31N7.HI/c1-4-15(2)22-16(18-3)19-9-6-10-23-11-13-24(14-12-23)17-20-7-5-8-21-17;/h5,7-8,15H,4,6,9-14H2,1-3H3,(H2,18,19,22);1H. The summed E-state index contributed by atoms with van der Waals surface area (Å²) in [4.78, 5) is 17.7. The Kier molecular flexibility index (Phi) is 10.7. The molecule has 0 saturated carbocycles. The first-order valence-electron chi connectivity index (χ1n) is 8.94.